The second-order valence-electron chi connectivity index (χ2n) is 4.19. The summed E-state index contributed by atoms with van der Waals surface area (Å²) in [5.74, 6) is -3.46. The van der Waals surface area contributed by atoms with Crippen molar-refractivity contribution in [3.8, 4) is 0 Å². The Balaban J connectivity index is 2.98. The maximum absolute atomic E-state index is 13.6. The highest BCUT2D eigenvalue weighted by Gasteiger charge is 2.35. The second kappa shape index (κ2) is 4.27. The molecule has 1 aromatic rings. The van der Waals surface area contributed by atoms with E-state index >= 15 is 0 Å². The minimum atomic E-state index is -2.77. The van der Waals surface area contributed by atoms with Crippen molar-refractivity contribution in [2.45, 2.75) is 32.7 Å². The number of benzene rings is 1. The Hall–Kier alpha value is -0.960. The SMILES string of the molecule is CC(N)c1ccc(C(F)(F)C(C)C)cc1. The highest BCUT2D eigenvalue weighted by molar-refractivity contribution is 5.27. The minimum Gasteiger partial charge on any atom is -0.324 e. The van der Waals surface area contributed by atoms with Gasteiger partial charge in [-0.25, -0.2) is 8.78 Å². The van der Waals surface area contributed by atoms with Gasteiger partial charge in [0.05, 0.1) is 0 Å². The highest BCUT2D eigenvalue weighted by atomic mass is 19.3. The molecule has 0 bridgehead atoms. The molecule has 1 unspecified atom stereocenters. The first-order chi connectivity index (χ1) is 6.85. The first kappa shape index (κ1) is 12.1. The van der Waals surface area contributed by atoms with Crippen LogP contribution in [0.15, 0.2) is 24.3 Å². The molecule has 0 saturated carbocycles. The van der Waals surface area contributed by atoms with Crippen LogP contribution in [0.1, 0.15) is 37.9 Å². The number of hydrogen-bond acceptors (Lipinski definition) is 1. The number of hydrogen-bond donors (Lipinski definition) is 1. The molecule has 0 radical (unpaired) electrons. The quantitative estimate of drug-likeness (QED) is 0.817. The lowest BCUT2D eigenvalue weighted by atomic mass is 9.96. The van der Waals surface area contributed by atoms with E-state index in [9.17, 15) is 8.78 Å². The maximum atomic E-state index is 13.6. The molecule has 1 atom stereocenters. The first-order valence-electron chi connectivity index (χ1n) is 5.09. The van der Waals surface area contributed by atoms with Crippen molar-refractivity contribution in [2.75, 3.05) is 0 Å². The average Bonchev–Trinajstić information content (AvgIpc) is 2.17. The molecular formula is C12H17F2N. The van der Waals surface area contributed by atoms with E-state index in [1.54, 1.807) is 12.1 Å². The van der Waals surface area contributed by atoms with Crippen molar-refractivity contribution in [1.29, 1.82) is 0 Å². The van der Waals surface area contributed by atoms with E-state index in [-0.39, 0.29) is 11.6 Å². The summed E-state index contributed by atoms with van der Waals surface area (Å²) < 4.78 is 27.2. The van der Waals surface area contributed by atoms with Crippen molar-refractivity contribution >= 4 is 0 Å². The van der Waals surface area contributed by atoms with Gasteiger partial charge in [0, 0.05) is 17.5 Å². The van der Waals surface area contributed by atoms with Gasteiger partial charge in [-0.2, -0.15) is 0 Å². The number of alkyl halides is 2. The Kier molecular flexibility index (Phi) is 3.45. The first-order valence-corrected chi connectivity index (χ1v) is 5.09. The lowest BCUT2D eigenvalue weighted by Gasteiger charge is -2.21. The molecule has 0 aromatic heterocycles. The van der Waals surface area contributed by atoms with Crippen molar-refractivity contribution in [1.82, 2.24) is 0 Å². The average molecular weight is 213 g/mol. The summed E-state index contributed by atoms with van der Waals surface area (Å²) in [7, 11) is 0. The topological polar surface area (TPSA) is 26.0 Å². The number of rotatable bonds is 3. The van der Waals surface area contributed by atoms with E-state index in [0.717, 1.165) is 5.56 Å². The molecule has 1 aromatic carbocycles. The molecule has 84 valence electrons. The summed E-state index contributed by atoms with van der Waals surface area (Å²) in [6.07, 6.45) is 0. The molecule has 0 heterocycles. The van der Waals surface area contributed by atoms with Crippen LogP contribution in [-0.2, 0) is 5.92 Å². The van der Waals surface area contributed by atoms with Gasteiger partial charge < -0.3 is 5.73 Å². The zero-order valence-electron chi connectivity index (χ0n) is 9.30. The molecule has 0 amide bonds. The molecule has 0 aliphatic rings. The normalized spacial score (nSPS) is 14.3. The zero-order valence-corrected chi connectivity index (χ0v) is 9.30. The molecule has 0 aliphatic heterocycles. The Bertz CT molecular complexity index is 315. The molecule has 15 heavy (non-hydrogen) atoms. The Labute approximate surface area is 89.3 Å². The minimum absolute atomic E-state index is 0.0573. The monoisotopic (exact) mass is 213 g/mol. The third-order valence-corrected chi connectivity index (χ3v) is 2.55. The fourth-order valence-corrected chi connectivity index (χ4v) is 1.34. The van der Waals surface area contributed by atoms with Gasteiger partial charge in [-0.15, -0.1) is 0 Å². The van der Waals surface area contributed by atoms with Gasteiger partial charge in [-0.1, -0.05) is 38.1 Å². The summed E-state index contributed by atoms with van der Waals surface area (Å²) in [6, 6.07) is 6.12. The second-order valence-corrected chi connectivity index (χ2v) is 4.19. The van der Waals surface area contributed by atoms with Gasteiger partial charge in [0.15, 0.2) is 0 Å². The van der Waals surface area contributed by atoms with Crippen molar-refractivity contribution in [3.63, 3.8) is 0 Å². The van der Waals surface area contributed by atoms with Crippen LogP contribution >= 0.6 is 0 Å². The molecule has 2 N–H and O–H groups in total. The molecule has 0 aliphatic carbocycles. The molecule has 0 spiro atoms. The van der Waals surface area contributed by atoms with Gasteiger partial charge in [0.1, 0.15) is 0 Å². The van der Waals surface area contributed by atoms with Gasteiger partial charge >= 0.3 is 0 Å². The Morgan fingerprint density at radius 2 is 1.53 bits per heavy atom. The zero-order chi connectivity index (χ0) is 11.6. The molecule has 0 fully saturated rings. The lowest BCUT2D eigenvalue weighted by Crippen LogP contribution is -2.21. The smallest absolute Gasteiger partial charge is 0.275 e. The molecule has 3 heteroatoms. The molecule has 1 nitrogen and oxygen atoms in total. The fraction of sp³-hybridized carbons (Fsp3) is 0.500. The summed E-state index contributed by atoms with van der Waals surface area (Å²) in [5.41, 5.74) is 6.58. The Morgan fingerprint density at radius 3 is 1.87 bits per heavy atom. The van der Waals surface area contributed by atoms with Crippen LogP contribution in [0.3, 0.4) is 0 Å². The maximum Gasteiger partial charge on any atom is 0.275 e. The van der Waals surface area contributed by atoms with E-state index in [1.165, 1.54) is 26.0 Å². The van der Waals surface area contributed by atoms with Gasteiger partial charge in [-0.05, 0) is 12.5 Å². The third-order valence-electron chi connectivity index (χ3n) is 2.55. The lowest BCUT2D eigenvalue weighted by molar-refractivity contribution is -0.0513. The van der Waals surface area contributed by atoms with Crippen LogP contribution in [0.2, 0.25) is 0 Å². The van der Waals surface area contributed by atoms with Gasteiger partial charge in [-0.3, -0.25) is 0 Å². The fourth-order valence-electron chi connectivity index (χ4n) is 1.34. The van der Waals surface area contributed by atoms with Crippen LogP contribution in [0.25, 0.3) is 0 Å². The largest absolute Gasteiger partial charge is 0.324 e. The summed E-state index contributed by atoms with van der Waals surface area (Å²) in [6.45, 7) is 4.86. The number of halogens is 2. The van der Waals surface area contributed by atoms with Crippen LogP contribution < -0.4 is 5.73 Å². The van der Waals surface area contributed by atoms with E-state index in [4.69, 9.17) is 5.73 Å². The summed E-state index contributed by atoms with van der Waals surface area (Å²) in [5, 5.41) is 0. The predicted molar refractivity (Wildman–Crippen MR) is 57.8 cm³/mol. The van der Waals surface area contributed by atoms with Crippen LogP contribution in [-0.4, -0.2) is 0 Å². The third kappa shape index (κ3) is 2.53. The molecular weight excluding hydrogens is 196 g/mol. The Morgan fingerprint density at radius 1 is 1.07 bits per heavy atom. The van der Waals surface area contributed by atoms with Gasteiger partial charge in [0.2, 0.25) is 0 Å². The molecule has 0 saturated heterocycles. The van der Waals surface area contributed by atoms with Crippen molar-refractivity contribution in [2.24, 2.45) is 11.7 Å². The molecule has 1 rings (SSSR count). The van der Waals surface area contributed by atoms with Crippen molar-refractivity contribution in [3.05, 3.63) is 35.4 Å². The van der Waals surface area contributed by atoms with Crippen LogP contribution in [0.5, 0.6) is 0 Å². The summed E-state index contributed by atoms with van der Waals surface area (Å²) in [4.78, 5) is 0. The number of nitrogens with two attached hydrogens (primary N) is 1. The van der Waals surface area contributed by atoms with Crippen molar-refractivity contribution < 1.29 is 8.78 Å². The van der Waals surface area contributed by atoms with E-state index in [0.29, 0.717) is 0 Å². The van der Waals surface area contributed by atoms with E-state index in [2.05, 4.69) is 0 Å². The van der Waals surface area contributed by atoms with Gasteiger partial charge in [0.25, 0.3) is 5.92 Å². The van der Waals surface area contributed by atoms with E-state index < -0.39 is 11.8 Å². The standard InChI is InChI=1S/C12H17F2N/c1-8(2)12(13,14)11-6-4-10(5-7-11)9(3)15/h4-9H,15H2,1-3H3. The highest BCUT2D eigenvalue weighted by Crippen LogP contribution is 2.35. The predicted octanol–water partition coefficient (Wildman–Crippen LogP) is 3.45. The summed E-state index contributed by atoms with van der Waals surface area (Å²) >= 11 is 0. The van der Waals surface area contributed by atoms with Crippen LogP contribution in [0.4, 0.5) is 8.78 Å². The van der Waals surface area contributed by atoms with Crippen LogP contribution in [0, 0.1) is 5.92 Å². The van der Waals surface area contributed by atoms with E-state index in [1.807, 2.05) is 6.92 Å².